The molecule has 0 unspecified atom stereocenters. The Morgan fingerprint density at radius 3 is 2.19 bits per heavy atom. The van der Waals surface area contributed by atoms with Crippen molar-refractivity contribution in [2.75, 3.05) is 6.54 Å². The first kappa shape index (κ1) is 26.7. The number of carbonyl (C=O) groups is 4. The van der Waals surface area contributed by atoms with Gasteiger partial charge in [0.15, 0.2) is 6.04 Å². The van der Waals surface area contributed by atoms with Crippen molar-refractivity contribution in [3.8, 4) is 0 Å². The standard InChI is InChI=1S/C21H31N3O8/c1-13(25)16(18(27)28)24-17(26)15(10-11-22-19(29)32-21(2,3)4)23-20(30)31-12-14-8-6-5-7-9-14/h5-9,13,15-16,25H,10-12H2,1-4H3,(H,22,29)(H,23,30)(H,24,26)(H,27,28)/t13-,15+,16+/m1/s1. The highest BCUT2D eigenvalue weighted by Crippen LogP contribution is 2.07. The van der Waals surface area contributed by atoms with Crippen LogP contribution in [0.5, 0.6) is 0 Å². The van der Waals surface area contributed by atoms with Crippen LogP contribution >= 0.6 is 0 Å². The van der Waals surface area contributed by atoms with Gasteiger partial charge in [0.25, 0.3) is 0 Å². The van der Waals surface area contributed by atoms with E-state index in [1.54, 1.807) is 45.0 Å². The molecule has 0 saturated carbocycles. The number of amides is 3. The van der Waals surface area contributed by atoms with Crippen LogP contribution in [0.4, 0.5) is 9.59 Å². The predicted octanol–water partition coefficient (Wildman–Crippen LogP) is 1.15. The van der Waals surface area contributed by atoms with Crippen LogP contribution in [0.15, 0.2) is 30.3 Å². The van der Waals surface area contributed by atoms with Crippen molar-refractivity contribution >= 4 is 24.1 Å². The minimum atomic E-state index is -1.58. The van der Waals surface area contributed by atoms with E-state index in [2.05, 4.69) is 16.0 Å². The van der Waals surface area contributed by atoms with E-state index < -0.39 is 47.9 Å². The summed E-state index contributed by atoms with van der Waals surface area (Å²) in [5, 5.41) is 25.7. The molecule has 11 heteroatoms. The first-order valence-corrected chi connectivity index (χ1v) is 10.0. The number of alkyl carbamates (subject to hydrolysis) is 2. The van der Waals surface area contributed by atoms with Crippen molar-refractivity contribution < 1.29 is 38.9 Å². The largest absolute Gasteiger partial charge is 0.480 e. The third-order valence-corrected chi connectivity index (χ3v) is 3.97. The van der Waals surface area contributed by atoms with E-state index in [1.165, 1.54) is 6.92 Å². The van der Waals surface area contributed by atoms with Crippen molar-refractivity contribution in [1.29, 1.82) is 0 Å². The van der Waals surface area contributed by atoms with Gasteiger partial charge in [-0.05, 0) is 39.7 Å². The molecular formula is C21H31N3O8. The summed E-state index contributed by atoms with van der Waals surface area (Å²) in [6.07, 6.45) is -3.08. The molecular weight excluding hydrogens is 422 g/mol. The van der Waals surface area contributed by atoms with Crippen molar-refractivity contribution in [2.24, 2.45) is 0 Å². The normalized spacial score (nSPS) is 13.8. The van der Waals surface area contributed by atoms with Crippen LogP contribution in [0.3, 0.4) is 0 Å². The summed E-state index contributed by atoms with van der Waals surface area (Å²) in [4.78, 5) is 47.8. The van der Waals surface area contributed by atoms with E-state index in [1.807, 2.05) is 6.07 Å². The maximum Gasteiger partial charge on any atom is 0.408 e. The maximum absolute atomic E-state index is 12.6. The van der Waals surface area contributed by atoms with Crippen LogP contribution in [-0.4, -0.2) is 64.6 Å². The van der Waals surface area contributed by atoms with Gasteiger partial charge in [0, 0.05) is 6.54 Å². The number of ether oxygens (including phenoxy) is 2. The molecule has 0 aliphatic heterocycles. The molecule has 5 N–H and O–H groups in total. The molecule has 0 fully saturated rings. The lowest BCUT2D eigenvalue weighted by Crippen LogP contribution is -2.55. The van der Waals surface area contributed by atoms with Crippen LogP contribution < -0.4 is 16.0 Å². The molecule has 0 spiro atoms. The number of nitrogens with one attached hydrogen (secondary N) is 3. The van der Waals surface area contributed by atoms with Gasteiger partial charge in [-0.1, -0.05) is 30.3 Å². The number of carbonyl (C=O) groups excluding carboxylic acids is 3. The van der Waals surface area contributed by atoms with Crippen LogP contribution in [0.2, 0.25) is 0 Å². The van der Waals surface area contributed by atoms with Gasteiger partial charge in [-0.2, -0.15) is 0 Å². The summed E-state index contributed by atoms with van der Waals surface area (Å²) in [7, 11) is 0. The zero-order valence-electron chi connectivity index (χ0n) is 18.6. The molecule has 11 nitrogen and oxygen atoms in total. The molecule has 1 aromatic rings. The molecule has 178 valence electrons. The molecule has 0 aliphatic rings. The fourth-order valence-electron chi connectivity index (χ4n) is 2.45. The Morgan fingerprint density at radius 2 is 1.66 bits per heavy atom. The minimum absolute atomic E-state index is 0.0391. The number of hydrogen-bond acceptors (Lipinski definition) is 7. The quantitative estimate of drug-likeness (QED) is 0.352. The first-order valence-electron chi connectivity index (χ1n) is 10.0. The van der Waals surface area contributed by atoms with Crippen LogP contribution in [0.1, 0.15) is 39.7 Å². The van der Waals surface area contributed by atoms with Crippen LogP contribution in [0, 0.1) is 0 Å². The topological polar surface area (TPSA) is 163 Å². The SMILES string of the molecule is C[C@@H](O)[C@H](NC(=O)[C@H](CCNC(=O)OC(C)(C)C)NC(=O)OCc1ccccc1)C(=O)O. The van der Waals surface area contributed by atoms with Gasteiger partial charge in [-0.25, -0.2) is 14.4 Å². The molecule has 0 radical (unpaired) electrons. The number of aliphatic carboxylic acids is 1. The molecule has 1 aromatic carbocycles. The second-order valence-corrected chi connectivity index (χ2v) is 8.04. The zero-order valence-corrected chi connectivity index (χ0v) is 18.6. The smallest absolute Gasteiger partial charge is 0.408 e. The number of carboxylic acids is 1. The number of aliphatic hydroxyl groups is 1. The summed E-state index contributed by atoms with van der Waals surface area (Å²) in [6, 6.07) is 6.04. The predicted molar refractivity (Wildman–Crippen MR) is 114 cm³/mol. The van der Waals surface area contributed by atoms with E-state index in [0.717, 1.165) is 5.56 Å². The summed E-state index contributed by atoms with van der Waals surface area (Å²) >= 11 is 0. The van der Waals surface area contributed by atoms with E-state index in [0.29, 0.717) is 0 Å². The Kier molecular flexibility index (Phi) is 10.4. The van der Waals surface area contributed by atoms with E-state index in [-0.39, 0.29) is 19.6 Å². The maximum atomic E-state index is 12.6. The van der Waals surface area contributed by atoms with Crippen LogP contribution in [0.25, 0.3) is 0 Å². The highest BCUT2D eigenvalue weighted by molar-refractivity contribution is 5.89. The Balaban J connectivity index is 2.75. The Morgan fingerprint density at radius 1 is 1.03 bits per heavy atom. The van der Waals surface area contributed by atoms with Gasteiger partial charge in [0.1, 0.15) is 18.2 Å². The third-order valence-electron chi connectivity index (χ3n) is 3.97. The Hall–Kier alpha value is -3.34. The number of carboxylic acid groups (broad SMARTS) is 1. The third kappa shape index (κ3) is 10.6. The monoisotopic (exact) mass is 453 g/mol. The zero-order chi connectivity index (χ0) is 24.3. The Labute approximate surface area is 186 Å². The van der Waals surface area contributed by atoms with Crippen molar-refractivity contribution in [3.63, 3.8) is 0 Å². The van der Waals surface area contributed by atoms with Gasteiger partial charge in [0.05, 0.1) is 6.10 Å². The highest BCUT2D eigenvalue weighted by Gasteiger charge is 2.30. The molecule has 32 heavy (non-hydrogen) atoms. The summed E-state index contributed by atoms with van der Waals surface area (Å²) in [6.45, 7) is 6.18. The number of rotatable bonds is 10. The minimum Gasteiger partial charge on any atom is -0.480 e. The molecule has 0 heterocycles. The molecule has 0 aromatic heterocycles. The van der Waals surface area contributed by atoms with Gasteiger partial charge in [-0.15, -0.1) is 0 Å². The Bertz CT molecular complexity index is 777. The first-order chi connectivity index (χ1) is 14.9. The van der Waals surface area contributed by atoms with E-state index >= 15 is 0 Å². The lowest BCUT2D eigenvalue weighted by Gasteiger charge is -2.23. The summed E-state index contributed by atoms with van der Waals surface area (Å²) < 4.78 is 10.2. The van der Waals surface area contributed by atoms with Crippen molar-refractivity contribution in [1.82, 2.24) is 16.0 Å². The van der Waals surface area contributed by atoms with Crippen LogP contribution in [-0.2, 0) is 25.7 Å². The van der Waals surface area contributed by atoms with Gasteiger partial charge in [0.2, 0.25) is 5.91 Å². The highest BCUT2D eigenvalue weighted by atomic mass is 16.6. The average Bonchev–Trinajstić information content (AvgIpc) is 2.68. The number of aliphatic hydroxyl groups excluding tert-OH is 1. The van der Waals surface area contributed by atoms with E-state index in [4.69, 9.17) is 14.6 Å². The fourth-order valence-corrected chi connectivity index (χ4v) is 2.45. The van der Waals surface area contributed by atoms with Gasteiger partial charge < -0.3 is 35.6 Å². The number of benzene rings is 1. The summed E-state index contributed by atoms with van der Waals surface area (Å²) in [5.41, 5.74) is 0.0158. The molecule has 0 bridgehead atoms. The number of hydrogen-bond donors (Lipinski definition) is 5. The molecule has 0 saturated heterocycles. The second kappa shape index (κ2) is 12.5. The lowest BCUT2D eigenvalue weighted by atomic mass is 10.1. The lowest BCUT2D eigenvalue weighted by molar-refractivity contribution is -0.145. The molecule has 3 amide bonds. The molecule has 1 rings (SSSR count). The van der Waals surface area contributed by atoms with Crippen molar-refractivity contribution in [2.45, 2.75) is 64.5 Å². The molecule has 0 aliphatic carbocycles. The van der Waals surface area contributed by atoms with Crippen molar-refractivity contribution in [3.05, 3.63) is 35.9 Å². The molecule has 3 atom stereocenters. The van der Waals surface area contributed by atoms with E-state index in [9.17, 15) is 24.3 Å². The van der Waals surface area contributed by atoms with Gasteiger partial charge in [-0.3, -0.25) is 4.79 Å². The van der Waals surface area contributed by atoms with Gasteiger partial charge >= 0.3 is 18.2 Å². The fraction of sp³-hybridized carbons (Fsp3) is 0.524. The second-order valence-electron chi connectivity index (χ2n) is 8.04. The average molecular weight is 453 g/mol. The summed E-state index contributed by atoms with van der Waals surface area (Å²) in [5.74, 6) is -2.30.